The van der Waals surface area contributed by atoms with E-state index in [1.165, 1.54) is 0 Å². The van der Waals surface area contributed by atoms with E-state index in [0.29, 0.717) is 17.9 Å². The SMILES string of the molecule is CCOC(=O)c1cc(N(C)C2CCCCC2O)ccc1N. The summed E-state index contributed by atoms with van der Waals surface area (Å²) in [7, 11) is 1.94. The Hall–Kier alpha value is -1.75. The van der Waals surface area contributed by atoms with Gasteiger partial charge < -0.3 is 20.5 Å². The van der Waals surface area contributed by atoms with Crippen LogP contribution < -0.4 is 10.6 Å². The van der Waals surface area contributed by atoms with Gasteiger partial charge in [-0.15, -0.1) is 0 Å². The van der Waals surface area contributed by atoms with E-state index in [1.54, 1.807) is 19.1 Å². The van der Waals surface area contributed by atoms with Gasteiger partial charge in [0.15, 0.2) is 0 Å². The van der Waals surface area contributed by atoms with Crippen molar-refractivity contribution in [3.8, 4) is 0 Å². The summed E-state index contributed by atoms with van der Waals surface area (Å²) >= 11 is 0. The van der Waals surface area contributed by atoms with E-state index >= 15 is 0 Å². The van der Waals surface area contributed by atoms with Gasteiger partial charge in [0.2, 0.25) is 0 Å². The van der Waals surface area contributed by atoms with Crippen molar-refractivity contribution in [3.05, 3.63) is 23.8 Å². The zero-order valence-corrected chi connectivity index (χ0v) is 12.7. The summed E-state index contributed by atoms with van der Waals surface area (Å²) in [6.45, 7) is 2.09. The van der Waals surface area contributed by atoms with Crippen LogP contribution in [-0.4, -0.2) is 36.9 Å². The number of nitrogens with two attached hydrogens (primary N) is 1. The van der Waals surface area contributed by atoms with Crippen molar-refractivity contribution in [2.45, 2.75) is 44.8 Å². The smallest absolute Gasteiger partial charge is 0.340 e. The number of aliphatic hydroxyl groups excluding tert-OH is 1. The summed E-state index contributed by atoms with van der Waals surface area (Å²) in [6.07, 6.45) is 3.64. The number of aliphatic hydroxyl groups is 1. The van der Waals surface area contributed by atoms with Crippen molar-refractivity contribution >= 4 is 17.3 Å². The molecular weight excluding hydrogens is 268 g/mol. The van der Waals surface area contributed by atoms with Crippen LogP contribution in [0.15, 0.2) is 18.2 Å². The van der Waals surface area contributed by atoms with Crippen LogP contribution in [0.25, 0.3) is 0 Å². The molecular formula is C16H24N2O3. The molecule has 5 heteroatoms. The molecule has 5 nitrogen and oxygen atoms in total. The molecule has 0 aliphatic heterocycles. The van der Waals surface area contributed by atoms with Crippen LogP contribution in [-0.2, 0) is 4.74 Å². The maximum atomic E-state index is 11.9. The summed E-state index contributed by atoms with van der Waals surface area (Å²) in [6, 6.07) is 5.42. The van der Waals surface area contributed by atoms with Crippen LogP contribution in [0.4, 0.5) is 11.4 Å². The Balaban J connectivity index is 2.23. The summed E-state index contributed by atoms with van der Waals surface area (Å²) in [5.41, 5.74) is 7.52. The fourth-order valence-corrected chi connectivity index (χ4v) is 2.88. The van der Waals surface area contributed by atoms with Gasteiger partial charge in [-0.2, -0.15) is 0 Å². The van der Waals surface area contributed by atoms with Crippen molar-refractivity contribution in [1.82, 2.24) is 0 Å². The topological polar surface area (TPSA) is 75.8 Å². The molecule has 1 aliphatic carbocycles. The number of benzene rings is 1. The van der Waals surface area contributed by atoms with Crippen LogP contribution in [0.5, 0.6) is 0 Å². The maximum Gasteiger partial charge on any atom is 0.340 e. The van der Waals surface area contributed by atoms with Crippen LogP contribution in [0, 0.1) is 0 Å². The lowest BCUT2D eigenvalue weighted by Gasteiger charge is -2.36. The molecule has 2 atom stereocenters. The second kappa shape index (κ2) is 6.80. The number of esters is 1. The second-order valence-corrected chi connectivity index (χ2v) is 5.52. The molecule has 0 radical (unpaired) electrons. The summed E-state index contributed by atoms with van der Waals surface area (Å²) < 4.78 is 5.02. The first-order chi connectivity index (χ1) is 10.0. The molecule has 21 heavy (non-hydrogen) atoms. The highest BCUT2D eigenvalue weighted by Gasteiger charge is 2.27. The summed E-state index contributed by atoms with van der Waals surface area (Å²) in [5.74, 6) is -0.408. The number of nitrogen functional groups attached to an aromatic ring is 1. The largest absolute Gasteiger partial charge is 0.462 e. The van der Waals surface area contributed by atoms with Crippen molar-refractivity contribution in [3.63, 3.8) is 0 Å². The summed E-state index contributed by atoms with van der Waals surface area (Å²) in [4.78, 5) is 13.9. The third kappa shape index (κ3) is 3.47. The monoisotopic (exact) mass is 292 g/mol. The number of likely N-dealkylation sites (N-methyl/N-ethyl adjacent to an activating group) is 1. The number of rotatable bonds is 4. The quantitative estimate of drug-likeness (QED) is 0.657. The Labute approximate surface area is 125 Å². The number of carbonyl (C=O) groups is 1. The van der Waals surface area contributed by atoms with Crippen molar-refractivity contribution < 1.29 is 14.6 Å². The van der Waals surface area contributed by atoms with E-state index in [9.17, 15) is 9.90 Å². The minimum absolute atomic E-state index is 0.0809. The Bertz CT molecular complexity index is 504. The number of hydrogen-bond donors (Lipinski definition) is 2. The molecule has 1 saturated carbocycles. The molecule has 0 heterocycles. The van der Waals surface area contributed by atoms with Gasteiger partial charge in [0.1, 0.15) is 0 Å². The van der Waals surface area contributed by atoms with Gasteiger partial charge in [0.05, 0.1) is 24.3 Å². The van der Waals surface area contributed by atoms with E-state index < -0.39 is 5.97 Å². The number of ether oxygens (including phenoxy) is 1. The van der Waals surface area contributed by atoms with Gasteiger partial charge in [-0.25, -0.2) is 4.79 Å². The van der Waals surface area contributed by atoms with Gasteiger partial charge >= 0.3 is 5.97 Å². The molecule has 1 aromatic rings. The number of anilines is 2. The lowest BCUT2D eigenvalue weighted by Crippen LogP contribution is -2.43. The first-order valence-electron chi connectivity index (χ1n) is 7.52. The predicted octanol–water partition coefficient (Wildman–Crippen LogP) is 2.19. The van der Waals surface area contributed by atoms with Crippen LogP contribution in [0.1, 0.15) is 43.0 Å². The predicted molar refractivity (Wildman–Crippen MR) is 83.5 cm³/mol. The van der Waals surface area contributed by atoms with Gasteiger partial charge in [0.25, 0.3) is 0 Å². The van der Waals surface area contributed by atoms with E-state index in [2.05, 4.69) is 0 Å². The van der Waals surface area contributed by atoms with Crippen LogP contribution in [0.2, 0.25) is 0 Å². The molecule has 0 spiro atoms. The van der Waals surface area contributed by atoms with E-state index in [4.69, 9.17) is 10.5 Å². The number of carbonyl (C=O) groups excluding carboxylic acids is 1. The minimum Gasteiger partial charge on any atom is -0.462 e. The molecule has 2 unspecified atom stereocenters. The van der Waals surface area contributed by atoms with Gasteiger partial charge in [-0.05, 0) is 38.0 Å². The molecule has 3 N–H and O–H groups in total. The van der Waals surface area contributed by atoms with Crippen LogP contribution in [0.3, 0.4) is 0 Å². The van der Waals surface area contributed by atoms with Crippen LogP contribution >= 0.6 is 0 Å². The Kier molecular flexibility index (Phi) is 5.07. The van der Waals surface area contributed by atoms with Gasteiger partial charge in [-0.3, -0.25) is 0 Å². The lowest BCUT2D eigenvalue weighted by molar-refractivity contribution is 0.0527. The fraction of sp³-hybridized carbons (Fsp3) is 0.562. The molecule has 0 amide bonds. The Morgan fingerprint density at radius 1 is 1.43 bits per heavy atom. The first kappa shape index (κ1) is 15.6. The van der Waals surface area contributed by atoms with E-state index in [0.717, 1.165) is 31.4 Å². The highest BCUT2D eigenvalue weighted by molar-refractivity contribution is 5.96. The molecule has 1 aliphatic rings. The second-order valence-electron chi connectivity index (χ2n) is 5.52. The third-order valence-corrected chi connectivity index (χ3v) is 4.13. The number of nitrogens with zero attached hydrogens (tertiary/aromatic N) is 1. The fourth-order valence-electron chi connectivity index (χ4n) is 2.88. The normalized spacial score (nSPS) is 21.9. The molecule has 0 aromatic heterocycles. The lowest BCUT2D eigenvalue weighted by atomic mass is 9.91. The highest BCUT2D eigenvalue weighted by Crippen LogP contribution is 2.28. The molecule has 1 fully saturated rings. The van der Waals surface area contributed by atoms with Crippen molar-refractivity contribution in [1.29, 1.82) is 0 Å². The maximum absolute atomic E-state index is 11.9. The average Bonchev–Trinajstić information content (AvgIpc) is 2.48. The Morgan fingerprint density at radius 3 is 2.81 bits per heavy atom. The molecule has 116 valence electrons. The zero-order valence-electron chi connectivity index (χ0n) is 12.7. The molecule has 1 aromatic carbocycles. The minimum atomic E-state index is -0.408. The van der Waals surface area contributed by atoms with Crippen molar-refractivity contribution in [2.75, 3.05) is 24.3 Å². The van der Waals surface area contributed by atoms with Gasteiger partial charge in [0, 0.05) is 18.4 Å². The molecule has 2 rings (SSSR count). The number of hydrogen-bond acceptors (Lipinski definition) is 5. The third-order valence-electron chi connectivity index (χ3n) is 4.13. The average molecular weight is 292 g/mol. The highest BCUT2D eigenvalue weighted by atomic mass is 16.5. The van der Waals surface area contributed by atoms with E-state index in [1.807, 2.05) is 18.0 Å². The van der Waals surface area contributed by atoms with Gasteiger partial charge in [-0.1, -0.05) is 12.8 Å². The van der Waals surface area contributed by atoms with Crippen molar-refractivity contribution in [2.24, 2.45) is 0 Å². The zero-order chi connectivity index (χ0) is 15.4. The summed E-state index contributed by atoms with van der Waals surface area (Å²) in [5, 5.41) is 10.2. The van der Waals surface area contributed by atoms with E-state index in [-0.39, 0.29) is 12.1 Å². The molecule has 0 bridgehead atoms. The Morgan fingerprint density at radius 2 is 2.14 bits per heavy atom. The first-order valence-corrected chi connectivity index (χ1v) is 7.52. The molecule has 0 saturated heterocycles. The standard InChI is InChI=1S/C16H24N2O3/c1-3-21-16(20)12-10-11(8-9-13(12)17)18(2)14-6-4-5-7-15(14)19/h8-10,14-15,19H,3-7,17H2,1-2H3.